The van der Waals surface area contributed by atoms with Gasteiger partial charge in [-0.25, -0.2) is 8.78 Å². The van der Waals surface area contributed by atoms with Gasteiger partial charge >= 0.3 is 0 Å². The maximum Gasteiger partial charge on any atom is 0.126 e. The maximum atomic E-state index is 13.2. The zero-order valence-electron chi connectivity index (χ0n) is 9.75. The highest BCUT2D eigenvalue weighted by molar-refractivity contribution is 9.10. The van der Waals surface area contributed by atoms with Gasteiger partial charge in [0.2, 0.25) is 0 Å². The summed E-state index contributed by atoms with van der Waals surface area (Å²) in [5, 5.41) is 0. The number of halogens is 3. The van der Waals surface area contributed by atoms with Crippen molar-refractivity contribution in [2.24, 2.45) is 5.73 Å². The Kier molecular flexibility index (Phi) is 3.78. The smallest absolute Gasteiger partial charge is 0.126 e. The van der Waals surface area contributed by atoms with Crippen molar-refractivity contribution >= 4 is 15.9 Å². The molecule has 0 aliphatic carbocycles. The molecule has 18 heavy (non-hydrogen) atoms. The topological polar surface area (TPSA) is 26.0 Å². The SMILES string of the molecule is Cc1cc(Br)cc(C(N)c2cc(F)cc(F)c2)c1. The van der Waals surface area contributed by atoms with Crippen LogP contribution in [0.25, 0.3) is 0 Å². The van der Waals surface area contributed by atoms with E-state index in [0.29, 0.717) is 5.56 Å². The Morgan fingerprint density at radius 3 is 2.06 bits per heavy atom. The van der Waals surface area contributed by atoms with Crippen LogP contribution in [0.3, 0.4) is 0 Å². The van der Waals surface area contributed by atoms with Gasteiger partial charge in [0.1, 0.15) is 11.6 Å². The molecule has 2 N–H and O–H groups in total. The molecular weight excluding hydrogens is 300 g/mol. The Bertz CT molecular complexity index is 492. The van der Waals surface area contributed by atoms with E-state index >= 15 is 0 Å². The van der Waals surface area contributed by atoms with Crippen LogP contribution in [0, 0.1) is 18.6 Å². The summed E-state index contributed by atoms with van der Waals surface area (Å²) in [4.78, 5) is 0. The molecule has 0 heterocycles. The summed E-state index contributed by atoms with van der Waals surface area (Å²) in [6, 6.07) is 8.49. The molecule has 0 saturated heterocycles. The van der Waals surface area contributed by atoms with Gasteiger partial charge in [0.15, 0.2) is 0 Å². The standard InChI is InChI=1S/C14H12BrF2N/c1-8-2-9(4-11(15)3-8)14(18)10-5-12(16)7-13(17)6-10/h2-7,14H,18H2,1H3. The van der Waals surface area contributed by atoms with Gasteiger partial charge in [0, 0.05) is 10.5 Å². The minimum absolute atomic E-state index is 0.421. The van der Waals surface area contributed by atoms with Gasteiger partial charge in [0.25, 0.3) is 0 Å². The van der Waals surface area contributed by atoms with Gasteiger partial charge in [0.05, 0.1) is 6.04 Å². The minimum Gasteiger partial charge on any atom is -0.320 e. The number of aryl methyl sites for hydroxylation is 1. The first-order chi connectivity index (χ1) is 8.45. The zero-order valence-corrected chi connectivity index (χ0v) is 11.3. The average Bonchev–Trinajstić information content (AvgIpc) is 2.25. The number of rotatable bonds is 2. The molecule has 1 unspecified atom stereocenters. The molecule has 4 heteroatoms. The van der Waals surface area contributed by atoms with Crippen molar-refractivity contribution in [2.75, 3.05) is 0 Å². The van der Waals surface area contributed by atoms with Crippen LogP contribution in [0.15, 0.2) is 40.9 Å². The third-order valence-electron chi connectivity index (χ3n) is 2.67. The molecule has 0 bridgehead atoms. The van der Waals surface area contributed by atoms with Crippen LogP contribution in [0.5, 0.6) is 0 Å². The van der Waals surface area contributed by atoms with Crippen LogP contribution in [-0.2, 0) is 0 Å². The maximum absolute atomic E-state index is 13.2. The second kappa shape index (κ2) is 5.16. The largest absolute Gasteiger partial charge is 0.320 e. The Hall–Kier alpha value is -1.26. The summed E-state index contributed by atoms with van der Waals surface area (Å²) < 4.78 is 27.2. The molecule has 0 amide bonds. The van der Waals surface area contributed by atoms with Crippen molar-refractivity contribution < 1.29 is 8.78 Å². The highest BCUT2D eigenvalue weighted by atomic mass is 79.9. The van der Waals surface area contributed by atoms with Crippen LogP contribution >= 0.6 is 15.9 Å². The molecule has 0 fully saturated rings. The molecule has 0 aromatic heterocycles. The van der Waals surface area contributed by atoms with E-state index in [4.69, 9.17) is 5.73 Å². The van der Waals surface area contributed by atoms with E-state index < -0.39 is 17.7 Å². The van der Waals surface area contributed by atoms with E-state index in [2.05, 4.69) is 15.9 Å². The van der Waals surface area contributed by atoms with Crippen molar-refractivity contribution in [1.82, 2.24) is 0 Å². The Balaban J connectivity index is 2.43. The Labute approximate surface area is 113 Å². The highest BCUT2D eigenvalue weighted by Crippen LogP contribution is 2.25. The normalized spacial score (nSPS) is 12.5. The number of nitrogens with two attached hydrogens (primary N) is 1. The molecule has 0 aliphatic heterocycles. The fourth-order valence-electron chi connectivity index (χ4n) is 1.89. The third-order valence-corrected chi connectivity index (χ3v) is 3.13. The molecule has 0 radical (unpaired) electrons. The van der Waals surface area contributed by atoms with Gasteiger partial charge in [-0.1, -0.05) is 22.0 Å². The lowest BCUT2D eigenvalue weighted by Crippen LogP contribution is -2.12. The number of benzene rings is 2. The number of hydrogen-bond donors (Lipinski definition) is 1. The monoisotopic (exact) mass is 311 g/mol. The fourth-order valence-corrected chi connectivity index (χ4v) is 2.52. The molecule has 0 saturated carbocycles. The van der Waals surface area contributed by atoms with Gasteiger partial charge in [-0.2, -0.15) is 0 Å². The van der Waals surface area contributed by atoms with E-state index in [9.17, 15) is 8.78 Å². The Morgan fingerprint density at radius 2 is 1.50 bits per heavy atom. The van der Waals surface area contributed by atoms with E-state index in [1.54, 1.807) is 0 Å². The summed E-state index contributed by atoms with van der Waals surface area (Å²) in [5.74, 6) is -1.24. The van der Waals surface area contributed by atoms with E-state index in [1.807, 2.05) is 25.1 Å². The molecule has 0 aliphatic rings. The summed E-state index contributed by atoms with van der Waals surface area (Å²) in [6.07, 6.45) is 0. The van der Waals surface area contributed by atoms with Crippen LogP contribution in [0.2, 0.25) is 0 Å². The molecule has 1 nitrogen and oxygen atoms in total. The third kappa shape index (κ3) is 2.94. The molecule has 2 aromatic rings. The molecule has 2 rings (SSSR count). The van der Waals surface area contributed by atoms with Gasteiger partial charge in [-0.3, -0.25) is 0 Å². The predicted octanol–water partition coefficient (Wildman–Crippen LogP) is 4.08. The molecular formula is C14H12BrF2N. The summed E-state index contributed by atoms with van der Waals surface area (Å²) >= 11 is 3.38. The first-order valence-corrected chi connectivity index (χ1v) is 6.23. The number of hydrogen-bond acceptors (Lipinski definition) is 1. The second-order valence-electron chi connectivity index (χ2n) is 4.24. The van der Waals surface area contributed by atoms with Crippen molar-refractivity contribution in [3.05, 3.63) is 69.2 Å². The highest BCUT2D eigenvalue weighted by Gasteiger charge is 2.12. The van der Waals surface area contributed by atoms with Crippen molar-refractivity contribution in [2.45, 2.75) is 13.0 Å². The van der Waals surface area contributed by atoms with Gasteiger partial charge in [-0.15, -0.1) is 0 Å². The lowest BCUT2D eigenvalue weighted by atomic mass is 9.98. The lowest BCUT2D eigenvalue weighted by molar-refractivity contribution is 0.577. The predicted molar refractivity (Wildman–Crippen MR) is 71.3 cm³/mol. The Morgan fingerprint density at radius 1 is 0.944 bits per heavy atom. The molecule has 94 valence electrons. The van der Waals surface area contributed by atoms with Gasteiger partial charge in [-0.05, 0) is 47.9 Å². The molecule has 0 spiro atoms. The summed E-state index contributed by atoms with van der Waals surface area (Å²) in [5.41, 5.74) is 8.30. The second-order valence-corrected chi connectivity index (χ2v) is 5.16. The average molecular weight is 312 g/mol. The van der Waals surface area contributed by atoms with E-state index in [1.165, 1.54) is 12.1 Å². The molecule has 1 atom stereocenters. The summed E-state index contributed by atoms with van der Waals surface area (Å²) in [6.45, 7) is 1.94. The van der Waals surface area contributed by atoms with Crippen molar-refractivity contribution in [3.8, 4) is 0 Å². The van der Waals surface area contributed by atoms with Crippen LogP contribution in [-0.4, -0.2) is 0 Å². The van der Waals surface area contributed by atoms with Crippen molar-refractivity contribution in [1.29, 1.82) is 0 Å². The van der Waals surface area contributed by atoms with E-state index in [0.717, 1.165) is 21.7 Å². The summed E-state index contributed by atoms with van der Waals surface area (Å²) in [7, 11) is 0. The van der Waals surface area contributed by atoms with Crippen LogP contribution in [0.4, 0.5) is 8.78 Å². The van der Waals surface area contributed by atoms with Crippen LogP contribution < -0.4 is 5.73 Å². The van der Waals surface area contributed by atoms with E-state index in [-0.39, 0.29) is 0 Å². The first kappa shape index (κ1) is 13.2. The molecule has 2 aromatic carbocycles. The zero-order chi connectivity index (χ0) is 13.3. The van der Waals surface area contributed by atoms with Crippen molar-refractivity contribution in [3.63, 3.8) is 0 Å². The minimum atomic E-state index is -0.618. The quantitative estimate of drug-likeness (QED) is 0.888. The lowest BCUT2D eigenvalue weighted by Gasteiger charge is -2.14. The first-order valence-electron chi connectivity index (χ1n) is 5.44. The van der Waals surface area contributed by atoms with Crippen LogP contribution in [0.1, 0.15) is 22.7 Å². The fraction of sp³-hybridized carbons (Fsp3) is 0.143. The van der Waals surface area contributed by atoms with Gasteiger partial charge < -0.3 is 5.73 Å².